The van der Waals surface area contributed by atoms with Crippen molar-refractivity contribution in [2.24, 2.45) is 0 Å². The molecule has 21 heavy (non-hydrogen) atoms. The number of nitrogens with zero attached hydrogens (tertiary/aromatic N) is 2. The van der Waals surface area contributed by atoms with Crippen LogP contribution < -0.4 is 5.32 Å². The van der Waals surface area contributed by atoms with E-state index in [9.17, 15) is 0 Å². The van der Waals surface area contributed by atoms with Crippen LogP contribution in [0.2, 0.25) is 5.02 Å². The van der Waals surface area contributed by atoms with Gasteiger partial charge in [0.15, 0.2) is 0 Å². The predicted octanol–water partition coefficient (Wildman–Crippen LogP) is 4.47. The Morgan fingerprint density at radius 1 is 1.24 bits per heavy atom. The molecule has 1 N–H and O–H groups in total. The van der Waals surface area contributed by atoms with Crippen molar-refractivity contribution >= 4 is 27.5 Å². The van der Waals surface area contributed by atoms with E-state index in [0.717, 1.165) is 29.4 Å². The van der Waals surface area contributed by atoms with Crippen molar-refractivity contribution in [1.29, 1.82) is 0 Å². The molecular weight excluding hydrogens is 354 g/mol. The Morgan fingerprint density at radius 2 is 2.00 bits per heavy atom. The van der Waals surface area contributed by atoms with E-state index in [0.29, 0.717) is 16.8 Å². The SMILES string of the molecule is CC(C)(C)NCCCc1nnc(-c2cc(Cl)cc(Br)c2)o1. The lowest BCUT2D eigenvalue weighted by molar-refractivity contribution is 0.412. The number of hydrogen-bond acceptors (Lipinski definition) is 4. The largest absolute Gasteiger partial charge is 0.421 e. The minimum atomic E-state index is 0.132. The molecule has 2 rings (SSSR count). The number of aryl methyl sites for hydroxylation is 1. The highest BCUT2D eigenvalue weighted by molar-refractivity contribution is 9.10. The number of aromatic nitrogens is 2. The topological polar surface area (TPSA) is 51.0 Å². The van der Waals surface area contributed by atoms with Crippen LogP contribution in [0.25, 0.3) is 11.5 Å². The highest BCUT2D eigenvalue weighted by atomic mass is 79.9. The van der Waals surface area contributed by atoms with Gasteiger partial charge in [-0.1, -0.05) is 27.5 Å². The fourth-order valence-electron chi connectivity index (χ4n) is 1.85. The summed E-state index contributed by atoms with van der Waals surface area (Å²) in [5, 5.41) is 12.2. The highest BCUT2D eigenvalue weighted by Gasteiger charge is 2.11. The minimum absolute atomic E-state index is 0.132. The first-order valence-corrected chi connectivity index (χ1v) is 8.04. The zero-order chi connectivity index (χ0) is 15.5. The van der Waals surface area contributed by atoms with E-state index in [1.165, 1.54) is 0 Å². The van der Waals surface area contributed by atoms with E-state index < -0.39 is 0 Å². The first kappa shape index (κ1) is 16.5. The van der Waals surface area contributed by atoms with Crippen molar-refractivity contribution in [3.63, 3.8) is 0 Å². The summed E-state index contributed by atoms with van der Waals surface area (Å²) in [6, 6.07) is 5.54. The van der Waals surface area contributed by atoms with Gasteiger partial charge in [0.1, 0.15) is 0 Å². The molecule has 114 valence electrons. The summed E-state index contributed by atoms with van der Waals surface area (Å²) in [7, 11) is 0. The van der Waals surface area contributed by atoms with Crippen molar-refractivity contribution < 1.29 is 4.42 Å². The lowest BCUT2D eigenvalue weighted by Gasteiger charge is -2.19. The van der Waals surface area contributed by atoms with Crippen LogP contribution in [0.15, 0.2) is 27.1 Å². The van der Waals surface area contributed by atoms with Gasteiger partial charge in [-0.25, -0.2) is 0 Å². The molecule has 0 unspecified atom stereocenters. The van der Waals surface area contributed by atoms with E-state index in [1.807, 2.05) is 18.2 Å². The molecule has 6 heteroatoms. The Hall–Kier alpha value is -0.910. The molecular formula is C15H19BrClN3O. The Kier molecular flexibility index (Phi) is 5.41. The maximum atomic E-state index is 6.02. The maximum absolute atomic E-state index is 6.02. The second kappa shape index (κ2) is 6.90. The second-order valence-corrected chi connectivity index (χ2v) is 7.29. The summed E-state index contributed by atoms with van der Waals surface area (Å²) in [6.45, 7) is 7.36. The molecule has 0 bridgehead atoms. The molecule has 0 atom stereocenters. The summed E-state index contributed by atoms with van der Waals surface area (Å²) < 4.78 is 6.57. The van der Waals surface area contributed by atoms with Crippen LogP contribution in [0.3, 0.4) is 0 Å². The van der Waals surface area contributed by atoms with Gasteiger partial charge in [0.25, 0.3) is 0 Å². The molecule has 0 saturated carbocycles. The number of benzene rings is 1. The Bertz CT molecular complexity index is 587. The van der Waals surface area contributed by atoms with Crippen LogP contribution in [0, 0.1) is 0 Å². The average molecular weight is 373 g/mol. The van der Waals surface area contributed by atoms with E-state index in [2.05, 4.69) is 52.2 Å². The van der Waals surface area contributed by atoms with E-state index in [1.54, 1.807) is 0 Å². The van der Waals surface area contributed by atoms with Gasteiger partial charge in [0.05, 0.1) is 0 Å². The number of rotatable bonds is 5. The molecule has 1 aromatic heterocycles. The lowest BCUT2D eigenvalue weighted by atomic mass is 10.1. The normalized spacial score (nSPS) is 11.9. The second-order valence-electron chi connectivity index (χ2n) is 5.94. The Labute approximate surface area is 138 Å². The lowest BCUT2D eigenvalue weighted by Crippen LogP contribution is -2.36. The monoisotopic (exact) mass is 371 g/mol. The zero-order valence-electron chi connectivity index (χ0n) is 12.4. The van der Waals surface area contributed by atoms with Crippen LogP contribution in [0.5, 0.6) is 0 Å². The molecule has 0 spiro atoms. The standard InChI is InChI=1S/C15H19BrClN3O/c1-15(2,3)18-6-4-5-13-19-20-14(21-13)10-7-11(16)9-12(17)8-10/h7-9,18H,4-6H2,1-3H3. The van der Waals surface area contributed by atoms with E-state index >= 15 is 0 Å². The fraction of sp³-hybridized carbons (Fsp3) is 0.467. The van der Waals surface area contributed by atoms with Crippen molar-refractivity contribution in [2.75, 3.05) is 6.54 Å². The molecule has 1 heterocycles. The summed E-state index contributed by atoms with van der Waals surface area (Å²) in [4.78, 5) is 0. The molecule has 0 aliphatic rings. The maximum Gasteiger partial charge on any atom is 0.247 e. The Balaban J connectivity index is 1.95. The van der Waals surface area contributed by atoms with Gasteiger partial charge >= 0.3 is 0 Å². The van der Waals surface area contributed by atoms with Crippen molar-refractivity contribution in [3.8, 4) is 11.5 Å². The minimum Gasteiger partial charge on any atom is -0.421 e. The van der Waals surface area contributed by atoms with Gasteiger partial charge in [0, 0.05) is 27.0 Å². The molecule has 0 fully saturated rings. The van der Waals surface area contributed by atoms with Crippen molar-refractivity contribution in [3.05, 3.63) is 33.6 Å². The highest BCUT2D eigenvalue weighted by Crippen LogP contribution is 2.26. The van der Waals surface area contributed by atoms with Crippen LogP contribution >= 0.6 is 27.5 Å². The van der Waals surface area contributed by atoms with Gasteiger partial charge in [-0.3, -0.25) is 0 Å². The van der Waals surface area contributed by atoms with Gasteiger partial charge in [-0.2, -0.15) is 0 Å². The van der Waals surface area contributed by atoms with Gasteiger partial charge in [-0.05, 0) is 51.9 Å². The van der Waals surface area contributed by atoms with Gasteiger partial charge < -0.3 is 9.73 Å². The average Bonchev–Trinajstić information content (AvgIpc) is 2.81. The van der Waals surface area contributed by atoms with E-state index in [-0.39, 0.29) is 5.54 Å². The van der Waals surface area contributed by atoms with E-state index in [4.69, 9.17) is 16.0 Å². The summed E-state index contributed by atoms with van der Waals surface area (Å²) in [5.41, 5.74) is 0.952. The van der Waals surface area contributed by atoms with Crippen LogP contribution in [-0.4, -0.2) is 22.3 Å². The number of halogens is 2. The third-order valence-electron chi connectivity index (χ3n) is 2.80. The zero-order valence-corrected chi connectivity index (χ0v) is 14.8. The number of hydrogen-bond donors (Lipinski definition) is 1. The summed E-state index contributed by atoms with van der Waals surface area (Å²) >= 11 is 9.43. The first-order valence-electron chi connectivity index (χ1n) is 6.87. The molecule has 4 nitrogen and oxygen atoms in total. The summed E-state index contributed by atoms with van der Waals surface area (Å²) in [6.07, 6.45) is 1.72. The molecule has 0 aliphatic heterocycles. The first-order chi connectivity index (χ1) is 9.83. The third-order valence-corrected chi connectivity index (χ3v) is 3.48. The number of nitrogens with one attached hydrogen (secondary N) is 1. The van der Waals surface area contributed by atoms with Gasteiger partial charge in [0.2, 0.25) is 11.8 Å². The molecule has 0 aliphatic carbocycles. The molecule has 0 radical (unpaired) electrons. The van der Waals surface area contributed by atoms with Crippen LogP contribution in [0.4, 0.5) is 0 Å². The van der Waals surface area contributed by atoms with Crippen molar-refractivity contribution in [2.45, 2.75) is 39.2 Å². The molecule has 1 aromatic carbocycles. The quantitative estimate of drug-likeness (QED) is 0.787. The smallest absolute Gasteiger partial charge is 0.247 e. The Morgan fingerprint density at radius 3 is 2.67 bits per heavy atom. The summed E-state index contributed by atoms with van der Waals surface area (Å²) in [5.74, 6) is 1.15. The van der Waals surface area contributed by atoms with Crippen LogP contribution in [0.1, 0.15) is 33.1 Å². The predicted molar refractivity (Wildman–Crippen MR) is 88.5 cm³/mol. The molecule has 2 aromatic rings. The third kappa shape index (κ3) is 5.41. The fourth-order valence-corrected chi connectivity index (χ4v) is 2.71. The van der Waals surface area contributed by atoms with Crippen molar-refractivity contribution in [1.82, 2.24) is 15.5 Å². The van der Waals surface area contributed by atoms with Gasteiger partial charge in [-0.15, -0.1) is 10.2 Å². The molecule has 0 amide bonds. The van der Waals surface area contributed by atoms with Crippen LogP contribution in [-0.2, 0) is 6.42 Å². The molecule has 0 saturated heterocycles.